The van der Waals surface area contributed by atoms with E-state index < -0.39 is 12.1 Å². The third kappa shape index (κ3) is 4.59. The molecule has 1 heterocycles. The van der Waals surface area contributed by atoms with Crippen LogP contribution in [0.1, 0.15) is 12.0 Å². The number of ether oxygens (including phenoxy) is 3. The lowest BCUT2D eigenvalue weighted by atomic mass is 10.2. The molecule has 7 heteroatoms. The molecule has 1 amide bonds. The van der Waals surface area contributed by atoms with Crippen LogP contribution in [0.3, 0.4) is 0 Å². The zero-order chi connectivity index (χ0) is 16.8. The summed E-state index contributed by atoms with van der Waals surface area (Å²) in [5.74, 6) is -0.000164. The first kappa shape index (κ1) is 17.1. The summed E-state index contributed by atoms with van der Waals surface area (Å²) in [6.07, 6.45) is -0.783. The fraction of sp³-hybridized carbons (Fsp3) is 0.500. The minimum absolute atomic E-state index is 0.0714. The van der Waals surface area contributed by atoms with Crippen LogP contribution < -0.4 is 9.47 Å². The van der Waals surface area contributed by atoms with Crippen molar-refractivity contribution in [3.8, 4) is 11.5 Å². The number of hydrogen-bond donors (Lipinski definition) is 1. The van der Waals surface area contributed by atoms with Gasteiger partial charge in [-0.15, -0.1) is 0 Å². The molecule has 1 aliphatic heterocycles. The van der Waals surface area contributed by atoms with Gasteiger partial charge in [-0.1, -0.05) is 6.07 Å². The van der Waals surface area contributed by atoms with Crippen LogP contribution in [0.4, 0.5) is 0 Å². The van der Waals surface area contributed by atoms with Gasteiger partial charge in [0.05, 0.1) is 33.3 Å². The fourth-order valence-corrected chi connectivity index (χ4v) is 2.33. The van der Waals surface area contributed by atoms with E-state index >= 15 is 0 Å². The van der Waals surface area contributed by atoms with Gasteiger partial charge in [-0.2, -0.15) is 0 Å². The third-order valence-electron chi connectivity index (χ3n) is 3.59. The van der Waals surface area contributed by atoms with Crippen molar-refractivity contribution in [1.82, 2.24) is 4.90 Å². The van der Waals surface area contributed by atoms with Crippen LogP contribution in [0, 0.1) is 6.92 Å². The summed E-state index contributed by atoms with van der Waals surface area (Å²) in [5, 5.41) is 8.94. The van der Waals surface area contributed by atoms with Crippen LogP contribution in [-0.4, -0.2) is 61.4 Å². The summed E-state index contributed by atoms with van der Waals surface area (Å²) < 4.78 is 15.9. The molecule has 1 N–H and O–H groups in total. The normalized spacial score (nSPS) is 17.7. The van der Waals surface area contributed by atoms with E-state index in [0.717, 1.165) is 5.56 Å². The van der Waals surface area contributed by atoms with Gasteiger partial charge in [0.1, 0.15) is 0 Å². The number of aryl methyl sites for hydroxylation is 1. The quantitative estimate of drug-likeness (QED) is 0.843. The van der Waals surface area contributed by atoms with Gasteiger partial charge in [0.25, 0.3) is 0 Å². The topological polar surface area (TPSA) is 85.3 Å². The lowest BCUT2D eigenvalue weighted by Crippen LogP contribution is -2.48. The van der Waals surface area contributed by atoms with E-state index in [1.54, 1.807) is 13.2 Å². The molecule has 23 heavy (non-hydrogen) atoms. The molecular formula is C16H21NO6. The second-order valence-corrected chi connectivity index (χ2v) is 5.29. The lowest BCUT2D eigenvalue weighted by molar-refractivity contribution is -0.159. The molecule has 0 saturated carbocycles. The summed E-state index contributed by atoms with van der Waals surface area (Å²) in [5.41, 5.74) is 1.05. The van der Waals surface area contributed by atoms with Crippen molar-refractivity contribution in [3.05, 3.63) is 23.8 Å². The number of nitrogens with zero attached hydrogens (tertiary/aromatic N) is 1. The third-order valence-corrected chi connectivity index (χ3v) is 3.59. The Morgan fingerprint density at radius 2 is 2.17 bits per heavy atom. The van der Waals surface area contributed by atoms with Gasteiger partial charge in [0.2, 0.25) is 5.91 Å². The van der Waals surface area contributed by atoms with Gasteiger partial charge in [-0.3, -0.25) is 4.79 Å². The highest BCUT2D eigenvalue weighted by Crippen LogP contribution is 2.27. The minimum atomic E-state index is -1.05. The molecule has 0 unspecified atom stereocenters. The van der Waals surface area contributed by atoms with E-state index in [1.807, 2.05) is 19.1 Å². The number of carboxylic acid groups (broad SMARTS) is 1. The van der Waals surface area contributed by atoms with E-state index in [1.165, 1.54) is 4.90 Å². The molecule has 0 spiro atoms. The highest BCUT2D eigenvalue weighted by Gasteiger charge is 2.28. The molecule has 1 aromatic carbocycles. The average molecular weight is 323 g/mol. The number of morpholine rings is 1. The monoisotopic (exact) mass is 323 g/mol. The van der Waals surface area contributed by atoms with Crippen LogP contribution >= 0.6 is 0 Å². The van der Waals surface area contributed by atoms with E-state index in [2.05, 4.69) is 0 Å². The largest absolute Gasteiger partial charge is 0.493 e. The van der Waals surface area contributed by atoms with Gasteiger partial charge in [0, 0.05) is 6.54 Å². The Hall–Kier alpha value is -2.28. The molecule has 7 nitrogen and oxygen atoms in total. The van der Waals surface area contributed by atoms with Crippen LogP contribution in [-0.2, 0) is 14.3 Å². The van der Waals surface area contributed by atoms with Gasteiger partial charge in [-0.25, -0.2) is 4.79 Å². The van der Waals surface area contributed by atoms with E-state index in [0.29, 0.717) is 18.0 Å². The molecule has 0 aliphatic carbocycles. The maximum atomic E-state index is 12.1. The molecule has 2 rings (SSSR count). The maximum absolute atomic E-state index is 12.1. The number of amides is 1. The van der Waals surface area contributed by atoms with Crippen molar-refractivity contribution in [3.63, 3.8) is 0 Å². The SMILES string of the molecule is COc1cc(C)ccc1OCCC(=O)N1CCO[C@H](C(=O)O)C1. The first-order chi connectivity index (χ1) is 11.0. The van der Waals surface area contributed by atoms with Crippen molar-refractivity contribution in [2.45, 2.75) is 19.4 Å². The molecule has 0 radical (unpaired) electrons. The highest BCUT2D eigenvalue weighted by molar-refractivity contribution is 5.78. The number of methoxy groups -OCH3 is 1. The van der Waals surface area contributed by atoms with Crippen molar-refractivity contribution in [2.24, 2.45) is 0 Å². The van der Waals surface area contributed by atoms with Crippen molar-refractivity contribution in [1.29, 1.82) is 0 Å². The maximum Gasteiger partial charge on any atom is 0.334 e. The predicted octanol–water partition coefficient (Wildman–Crippen LogP) is 1.08. The Balaban J connectivity index is 1.84. The van der Waals surface area contributed by atoms with Crippen LogP contribution in [0.2, 0.25) is 0 Å². The first-order valence-electron chi connectivity index (χ1n) is 7.41. The Bertz CT molecular complexity index is 574. The zero-order valence-corrected chi connectivity index (χ0v) is 13.3. The molecule has 0 bridgehead atoms. The lowest BCUT2D eigenvalue weighted by Gasteiger charge is -2.30. The molecule has 1 aromatic rings. The fourth-order valence-electron chi connectivity index (χ4n) is 2.33. The van der Waals surface area contributed by atoms with Crippen molar-refractivity contribution in [2.75, 3.05) is 33.4 Å². The van der Waals surface area contributed by atoms with E-state index in [4.69, 9.17) is 19.3 Å². The number of carbonyl (C=O) groups excluding carboxylic acids is 1. The number of benzene rings is 1. The Labute approximate surface area is 134 Å². The zero-order valence-electron chi connectivity index (χ0n) is 13.3. The highest BCUT2D eigenvalue weighted by atomic mass is 16.5. The standard InChI is InChI=1S/C16H21NO6/c1-11-3-4-12(13(9-11)21-2)22-7-5-15(18)17-6-8-23-14(10-17)16(19)20/h3-4,9,14H,5-8,10H2,1-2H3,(H,19,20)/t14-/m0/s1. The molecule has 1 saturated heterocycles. The number of carbonyl (C=O) groups is 2. The van der Waals surface area contributed by atoms with Crippen molar-refractivity contribution >= 4 is 11.9 Å². The van der Waals surface area contributed by atoms with Crippen molar-refractivity contribution < 1.29 is 28.9 Å². The van der Waals surface area contributed by atoms with Crippen LogP contribution in [0.15, 0.2) is 18.2 Å². The van der Waals surface area contributed by atoms with Gasteiger partial charge in [-0.05, 0) is 24.6 Å². The van der Waals surface area contributed by atoms with Crippen LogP contribution in [0.5, 0.6) is 11.5 Å². The number of aliphatic carboxylic acids is 1. The molecule has 0 aromatic heterocycles. The summed E-state index contributed by atoms with van der Waals surface area (Å²) in [6.45, 7) is 2.86. The predicted molar refractivity (Wildman–Crippen MR) is 81.8 cm³/mol. The summed E-state index contributed by atoms with van der Waals surface area (Å²) in [4.78, 5) is 24.5. The number of hydrogen-bond acceptors (Lipinski definition) is 5. The molecule has 1 fully saturated rings. The van der Waals surface area contributed by atoms with Gasteiger partial charge in [0.15, 0.2) is 17.6 Å². The minimum Gasteiger partial charge on any atom is -0.493 e. The summed E-state index contributed by atoms with van der Waals surface area (Å²) in [7, 11) is 1.56. The second-order valence-electron chi connectivity index (χ2n) is 5.29. The van der Waals surface area contributed by atoms with Gasteiger partial charge < -0.3 is 24.2 Å². The number of rotatable bonds is 6. The number of carboxylic acids is 1. The summed E-state index contributed by atoms with van der Waals surface area (Å²) in [6, 6.07) is 5.56. The molecule has 1 aliphatic rings. The smallest absolute Gasteiger partial charge is 0.334 e. The van der Waals surface area contributed by atoms with Crippen LogP contribution in [0.25, 0.3) is 0 Å². The van der Waals surface area contributed by atoms with E-state index in [-0.39, 0.29) is 32.1 Å². The Kier molecular flexibility index (Phi) is 5.81. The Morgan fingerprint density at radius 1 is 1.39 bits per heavy atom. The van der Waals surface area contributed by atoms with E-state index in [9.17, 15) is 9.59 Å². The molecular weight excluding hydrogens is 302 g/mol. The summed E-state index contributed by atoms with van der Waals surface area (Å²) >= 11 is 0. The Morgan fingerprint density at radius 3 is 2.87 bits per heavy atom. The van der Waals surface area contributed by atoms with Gasteiger partial charge >= 0.3 is 5.97 Å². The molecule has 126 valence electrons. The second kappa shape index (κ2) is 7.82. The molecule has 1 atom stereocenters. The first-order valence-corrected chi connectivity index (χ1v) is 7.41. The average Bonchev–Trinajstić information content (AvgIpc) is 2.56.